The molecule has 0 aliphatic heterocycles. The smallest absolute Gasteiger partial charge is 0.257 e. The van der Waals surface area contributed by atoms with Gasteiger partial charge in [0.1, 0.15) is 0 Å². The van der Waals surface area contributed by atoms with Gasteiger partial charge in [0, 0.05) is 5.69 Å². The van der Waals surface area contributed by atoms with Crippen molar-refractivity contribution in [1.29, 1.82) is 0 Å². The molecule has 2 aromatic carbocycles. The third kappa shape index (κ3) is 2.76. The number of amides is 1. The molecule has 5 nitrogen and oxygen atoms in total. The van der Waals surface area contributed by atoms with E-state index >= 15 is 0 Å². The molecule has 1 heterocycles. The van der Waals surface area contributed by atoms with Gasteiger partial charge in [0.05, 0.1) is 29.3 Å². The average molecular weight is 278 g/mol. The van der Waals surface area contributed by atoms with Gasteiger partial charge in [-0.15, -0.1) is 0 Å². The fourth-order valence-electron chi connectivity index (χ4n) is 2.01. The molecule has 3 aromatic rings. The van der Waals surface area contributed by atoms with Gasteiger partial charge in [-0.3, -0.25) is 4.79 Å². The number of nitrogens with one attached hydrogen (secondary N) is 1. The molecular formula is C16H14N4O. The van der Waals surface area contributed by atoms with E-state index in [1.807, 2.05) is 30.3 Å². The zero-order valence-electron chi connectivity index (χ0n) is 11.2. The van der Waals surface area contributed by atoms with Gasteiger partial charge in [-0.25, -0.2) is 4.68 Å². The number of benzene rings is 2. The molecule has 0 fully saturated rings. The zero-order chi connectivity index (χ0) is 14.7. The summed E-state index contributed by atoms with van der Waals surface area (Å²) in [4.78, 5) is 12.2. The molecule has 1 aromatic heterocycles. The Kier molecular flexibility index (Phi) is 3.39. The fraction of sp³-hybridized carbons (Fsp3) is 0. The first kappa shape index (κ1) is 12.9. The number of nitrogens with two attached hydrogens (primary N) is 1. The number of nitrogens with zero attached hydrogens (tertiary/aromatic N) is 2. The van der Waals surface area contributed by atoms with Crippen molar-refractivity contribution >= 4 is 17.3 Å². The summed E-state index contributed by atoms with van der Waals surface area (Å²) in [5.74, 6) is -0.249. The summed E-state index contributed by atoms with van der Waals surface area (Å²) in [6.45, 7) is 0. The quantitative estimate of drug-likeness (QED) is 0.723. The lowest BCUT2D eigenvalue weighted by Gasteiger charge is -2.05. The van der Waals surface area contributed by atoms with Crippen LogP contribution in [0.1, 0.15) is 10.4 Å². The minimum Gasteiger partial charge on any atom is -0.398 e. The monoisotopic (exact) mass is 278 g/mol. The van der Waals surface area contributed by atoms with Crippen LogP contribution in [0.5, 0.6) is 0 Å². The molecule has 0 radical (unpaired) electrons. The second-order valence-electron chi connectivity index (χ2n) is 4.55. The molecule has 0 atom stereocenters. The van der Waals surface area contributed by atoms with Gasteiger partial charge in [0.25, 0.3) is 5.91 Å². The van der Waals surface area contributed by atoms with Gasteiger partial charge in [0.2, 0.25) is 0 Å². The zero-order valence-corrected chi connectivity index (χ0v) is 11.2. The van der Waals surface area contributed by atoms with E-state index in [4.69, 9.17) is 5.73 Å². The van der Waals surface area contributed by atoms with Gasteiger partial charge in [-0.1, -0.05) is 30.3 Å². The maximum absolute atomic E-state index is 12.2. The second kappa shape index (κ2) is 5.50. The summed E-state index contributed by atoms with van der Waals surface area (Å²) < 4.78 is 1.70. The van der Waals surface area contributed by atoms with Gasteiger partial charge in [-0.05, 0) is 24.3 Å². The van der Waals surface area contributed by atoms with Crippen molar-refractivity contribution in [3.05, 3.63) is 72.6 Å². The number of carbonyl (C=O) groups is 1. The van der Waals surface area contributed by atoms with E-state index in [2.05, 4.69) is 10.4 Å². The van der Waals surface area contributed by atoms with Crippen LogP contribution in [-0.4, -0.2) is 15.7 Å². The third-order valence-corrected chi connectivity index (χ3v) is 3.07. The van der Waals surface area contributed by atoms with Gasteiger partial charge in [0.15, 0.2) is 0 Å². The van der Waals surface area contributed by atoms with E-state index in [9.17, 15) is 4.79 Å². The molecule has 0 saturated heterocycles. The molecule has 0 aliphatic carbocycles. The van der Waals surface area contributed by atoms with E-state index in [0.717, 1.165) is 5.69 Å². The van der Waals surface area contributed by atoms with Crippen LogP contribution in [0.3, 0.4) is 0 Å². The van der Waals surface area contributed by atoms with E-state index in [0.29, 0.717) is 16.9 Å². The van der Waals surface area contributed by atoms with Crippen LogP contribution in [0.4, 0.5) is 11.4 Å². The lowest BCUT2D eigenvalue weighted by atomic mass is 10.1. The summed E-state index contributed by atoms with van der Waals surface area (Å²) in [7, 11) is 0. The molecule has 0 spiro atoms. The van der Waals surface area contributed by atoms with Crippen molar-refractivity contribution in [1.82, 2.24) is 9.78 Å². The van der Waals surface area contributed by atoms with E-state index < -0.39 is 0 Å². The number of para-hydroxylation sites is 2. The number of aromatic nitrogens is 2. The Hall–Kier alpha value is -3.08. The molecule has 1 amide bonds. The topological polar surface area (TPSA) is 72.9 Å². The molecule has 0 unspecified atom stereocenters. The van der Waals surface area contributed by atoms with Gasteiger partial charge >= 0.3 is 0 Å². The number of hydrogen-bond donors (Lipinski definition) is 2. The Morgan fingerprint density at radius 3 is 2.52 bits per heavy atom. The molecule has 0 aliphatic rings. The van der Waals surface area contributed by atoms with E-state index in [1.165, 1.54) is 0 Å². The highest BCUT2D eigenvalue weighted by atomic mass is 16.1. The number of hydrogen-bond acceptors (Lipinski definition) is 3. The molecule has 0 saturated carbocycles. The molecule has 104 valence electrons. The van der Waals surface area contributed by atoms with Crippen LogP contribution >= 0.6 is 0 Å². The van der Waals surface area contributed by atoms with Crippen LogP contribution in [0.25, 0.3) is 5.69 Å². The molecule has 5 heteroatoms. The summed E-state index contributed by atoms with van der Waals surface area (Å²) in [5.41, 5.74) is 8.23. The normalized spacial score (nSPS) is 10.3. The summed E-state index contributed by atoms with van der Waals surface area (Å²) in [5, 5.41) is 7.01. The summed E-state index contributed by atoms with van der Waals surface area (Å²) >= 11 is 0. The van der Waals surface area contributed by atoms with E-state index in [-0.39, 0.29) is 5.91 Å². The highest BCUT2D eigenvalue weighted by molar-refractivity contribution is 6.07. The Labute approximate surface area is 122 Å². The lowest BCUT2D eigenvalue weighted by molar-refractivity contribution is 0.102. The number of carbonyl (C=O) groups excluding carboxylic acids is 1. The SMILES string of the molecule is Nc1ccccc1C(=O)Nc1cnn(-c2ccccc2)c1. The van der Waals surface area contributed by atoms with Gasteiger partial charge in [-0.2, -0.15) is 5.10 Å². The minimum absolute atomic E-state index is 0.249. The Morgan fingerprint density at radius 1 is 1.05 bits per heavy atom. The van der Waals surface area contributed by atoms with Crippen LogP contribution in [-0.2, 0) is 0 Å². The van der Waals surface area contributed by atoms with Crippen LogP contribution in [0.2, 0.25) is 0 Å². The van der Waals surface area contributed by atoms with Crippen LogP contribution in [0.15, 0.2) is 67.0 Å². The first-order chi connectivity index (χ1) is 10.2. The number of rotatable bonds is 3. The maximum atomic E-state index is 12.2. The summed E-state index contributed by atoms with van der Waals surface area (Å²) in [6, 6.07) is 16.6. The second-order valence-corrected chi connectivity index (χ2v) is 4.55. The Bertz CT molecular complexity index is 765. The number of nitrogen functional groups attached to an aromatic ring is 1. The Balaban J connectivity index is 1.79. The maximum Gasteiger partial charge on any atom is 0.257 e. The molecular weight excluding hydrogens is 264 g/mol. The van der Waals surface area contributed by atoms with Crippen molar-refractivity contribution in [2.75, 3.05) is 11.1 Å². The first-order valence-corrected chi connectivity index (χ1v) is 6.50. The number of anilines is 2. The first-order valence-electron chi connectivity index (χ1n) is 6.50. The summed E-state index contributed by atoms with van der Waals surface area (Å²) in [6.07, 6.45) is 3.36. The van der Waals surface area contributed by atoms with Crippen molar-refractivity contribution in [2.45, 2.75) is 0 Å². The predicted molar refractivity (Wildman–Crippen MR) is 82.4 cm³/mol. The standard InChI is InChI=1S/C16H14N4O/c17-15-9-5-4-8-14(15)16(21)19-12-10-18-20(11-12)13-6-2-1-3-7-13/h1-11H,17H2,(H,19,21). The highest BCUT2D eigenvalue weighted by Gasteiger charge is 2.10. The minimum atomic E-state index is -0.249. The van der Waals surface area contributed by atoms with Crippen molar-refractivity contribution in [2.24, 2.45) is 0 Å². The molecule has 3 rings (SSSR count). The lowest BCUT2D eigenvalue weighted by Crippen LogP contribution is -2.13. The molecule has 0 bridgehead atoms. The predicted octanol–water partition coefficient (Wildman–Crippen LogP) is 2.71. The molecule has 3 N–H and O–H groups in total. The van der Waals surface area contributed by atoms with E-state index in [1.54, 1.807) is 41.3 Å². The fourth-order valence-corrected chi connectivity index (χ4v) is 2.01. The largest absolute Gasteiger partial charge is 0.398 e. The Morgan fingerprint density at radius 2 is 1.76 bits per heavy atom. The van der Waals surface area contributed by atoms with Crippen molar-refractivity contribution in [3.8, 4) is 5.69 Å². The van der Waals surface area contributed by atoms with Crippen molar-refractivity contribution in [3.63, 3.8) is 0 Å². The van der Waals surface area contributed by atoms with Crippen LogP contribution < -0.4 is 11.1 Å². The third-order valence-electron chi connectivity index (χ3n) is 3.07. The van der Waals surface area contributed by atoms with Gasteiger partial charge < -0.3 is 11.1 Å². The van der Waals surface area contributed by atoms with Crippen molar-refractivity contribution < 1.29 is 4.79 Å². The highest BCUT2D eigenvalue weighted by Crippen LogP contribution is 2.15. The molecule has 21 heavy (non-hydrogen) atoms. The van der Waals surface area contributed by atoms with Crippen LogP contribution in [0, 0.1) is 0 Å². The average Bonchev–Trinajstić information content (AvgIpc) is 2.97.